The standard InChI is InChI=1S/C8H12N4O4/c1-3-16-7(13)5-12-4-6(10-11-12)9-8(14)15-2/h4H,3,5H2,1-2H3,(H,9,14). The molecule has 0 aromatic carbocycles. The molecule has 0 unspecified atom stereocenters. The predicted molar refractivity (Wildman–Crippen MR) is 52.7 cm³/mol. The first kappa shape index (κ1) is 12.0. The number of aromatic nitrogens is 3. The van der Waals surface area contributed by atoms with E-state index in [4.69, 9.17) is 4.74 Å². The van der Waals surface area contributed by atoms with Gasteiger partial charge in [0.1, 0.15) is 6.54 Å². The van der Waals surface area contributed by atoms with Crippen molar-refractivity contribution in [2.75, 3.05) is 19.0 Å². The van der Waals surface area contributed by atoms with Crippen molar-refractivity contribution in [2.24, 2.45) is 0 Å². The van der Waals surface area contributed by atoms with Crippen LogP contribution in [0.5, 0.6) is 0 Å². The van der Waals surface area contributed by atoms with E-state index in [1.165, 1.54) is 18.0 Å². The summed E-state index contributed by atoms with van der Waals surface area (Å²) in [6.07, 6.45) is 0.747. The van der Waals surface area contributed by atoms with E-state index < -0.39 is 12.1 Å². The molecule has 0 saturated carbocycles. The smallest absolute Gasteiger partial charge is 0.412 e. The Morgan fingerprint density at radius 3 is 2.94 bits per heavy atom. The third-order valence-electron chi connectivity index (χ3n) is 1.55. The highest BCUT2D eigenvalue weighted by Crippen LogP contribution is 2.00. The van der Waals surface area contributed by atoms with Gasteiger partial charge in [0.2, 0.25) is 0 Å². The van der Waals surface area contributed by atoms with Crippen LogP contribution in [0.2, 0.25) is 0 Å². The lowest BCUT2D eigenvalue weighted by atomic mass is 10.6. The van der Waals surface area contributed by atoms with E-state index in [0.717, 1.165) is 0 Å². The Balaban J connectivity index is 2.51. The number of nitrogens with one attached hydrogen (secondary N) is 1. The zero-order chi connectivity index (χ0) is 12.0. The summed E-state index contributed by atoms with van der Waals surface area (Å²) in [4.78, 5) is 21.9. The van der Waals surface area contributed by atoms with Crippen molar-refractivity contribution in [3.63, 3.8) is 0 Å². The Labute approximate surface area is 91.5 Å². The van der Waals surface area contributed by atoms with Crippen molar-refractivity contribution in [1.82, 2.24) is 15.0 Å². The molecule has 0 atom stereocenters. The normalized spacial score (nSPS) is 9.62. The monoisotopic (exact) mass is 228 g/mol. The second kappa shape index (κ2) is 5.69. The maximum absolute atomic E-state index is 11.1. The Morgan fingerprint density at radius 2 is 2.31 bits per heavy atom. The van der Waals surface area contributed by atoms with Gasteiger partial charge in [-0.3, -0.25) is 10.1 Å². The van der Waals surface area contributed by atoms with Crippen molar-refractivity contribution in [1.29, 1.82) is 0 Å². The maximum Gasteiger partial charge on any atom is 0.412 e. The average molecular weight is 228 g/mol. The summed E-state index contributed by atoms with van der Waals surface area (Å²) in [5.74, 6) is -0.215. The molecule has 0 spiro atoms. The quantitative estimate of drug-likeness (QED) is 0.730. The van der Waals surface area contributed by atoms with Crippen LogP contribution in [0.15, 0.2) is 6.20 Å². The maximum atomic E-state index is 11.1. The van der Waals surface area contributed by atoms with Gasteiger partial charge in [-0.15, -0.1) is 5.10 Å². The van der Waals surface area contributed by atoms with Crippen LogP contribution in [0.3, 0.4) is 0 Å². The SMILES string of the molecule is CCOC(=O)Cn1cc(NC(=O)OC)nn1. The first-order valence-corrected chi connectivity index (χ1v) is 4.56. The van der Waals surface area contributed by atoms with Gasteiger partial charge in [0, 0.05) is 0 Å². The van der Waals surface area contributed by atoms with Crippen molar-refractivity contribution >= 4 is 17.9 Å². The zero-order valence-corrected chi connectivity index (χ0v) is 8.97. The Bertz CT molecular complexity index is 376. The fourth-order valence-corrected chi connectivity index (χ4v) is 0.927. The fraction of sp³-hybridized carbons (Fsp3) is 0.500. The van der Waals surface area contributed by atoms with Gasteiger partial charge in [0.05, 0.1) is 19.9 Å². The summed E-state index contributed by atoms with van der Waals surface area (Å²) in [7, 11) is 1.23. The van der Waals surface area contributed by atoms with Crippen LogP contribution >= 0.6 is 0 Å². The summed E-state index contributed by atoms with van der Waals surface area (Å²) in [6.45, 7) is 1.97. The molecule has 88 valence electrons. The van der Waals surface area contributed by atoms with Crippen LogP contribution in [0.1, 0.15) is 6.92 Å². The Kier molecular flexibility index (Phi) is 4.25. The van der Waals surface area contributed by atoms with E-state index in [0.29, 0.717) is 6.61 Å². The number of nitrogens with zero attached hydrogens (tertiary/aromatic N) is 3. The van der Waals surface area contributed by atoms with E-state index in [9.17, 15) is 9.59 Å². The topological polar surface area (TPSA) is 95.3 Å². The second-order valence-corrected chi connectivity index (χ2v) is 2.72. The van der Waals surface area contributed by atoms with E-state index in [-0.39, 0.29) is 12.4 Å². The van der Waals surface area contributed by atoms with Crippen molar-refractivity contribution < 1.29 is 19.1 Å². The summed E-state index contributed by atoms with van der Waals surface area (Å²) < 4.78 is 10.3. The van der Waals surface area contributed by atoms with Crippen molar-refractivity contribution in [3.8, 4) is 0 Å². The zero-order valence-electron chi connectivity index (χ0n) is 8.97. The van der Waals surface area contributed by atoms with Gasteiger partial charge in [-0.1, -0.05) is 5.21 Å². The predicted octanol–water partition coefficient (Wildman–Crippen LogP) is 0.0195. The number of hydrogen-bond acceptors (Lipinski definition) is 6. The molecule has 0 radical (unpaired) electrons. The van der Waals surface area contributed by atoms with Crippen LogP contribution < -0.4 is 5.32 Å². The molecule has 1 amide bonds. The van der Waals surface area contributed by atoms with E-state index in [1.807, 2.05) is 0 Å². The molecule has 1 aromatic heterocycles. The van der Waals surface area contributed by atoms with Crippen LogP contribution in [-0.4, -0.2) is 40.8 Å². The highest BCUT2D eigenvalue weighted by atomic mass is 16.5. The molecule has 0 aliphatic rings. The van der Waals surface area contributed by atoms with E-state index in [1.54, 1.807) is 6.92 Å². The number of rotatable bonds is 4. The van der Waals surface area contributed by atoms with Gasteiger partial charge in [-0.25, -0.2) is 9.48 Å². The molecule has 0 aliphatic carbocycles. The molecule has 1 heterocycles. The number of carbonyl (C=O) groups is 2. The largest absolute Gasteiger partial charge is 0.465 e. The fourth-order valence-electron chi connectivity index (χ4n) is 0.927. The summed E-state index contributed by atoms with van der Waals surface area (Å²) >= 11 is 0. The highest BCUT2D eigenvalue weighted by Gasteiger charge is 2.08. The minimum Gasteiger partial charge on any atom is -0.465 e. The lowest BCUT2D eigenvalue weighted by Crippen LogP contribution is -2.14. The first-order chi connectivity index (χ1) is 7.65. The van der Waals surface area contributed by atoms with Gasteiger partial charge in [0.25, 0.3) is 0 Å². The van der Waals surface area contributed by atoms with Gasteiger partial charge in [-0.2, -0.15) is 0 Å². The van der Waals surface area contributed by atoms with Crippen molar-refractivity contribution in [2.45, 2.75) is 13.5 Å². The third-order valence-corrected chi connectivity index (χ3v) is 1.55. The molecular weight excluding hydrogens is 216 g/mol. The lowest BCUT2D eigenvalue weighted by molar-refractivity contribution is -0.144. The molecule has 1 aromatic rings. The third kappa shape index (κ3) is 3.56. The Hall–Kier alpha value is -2.12. The number of amides is 1. The number of hydrogen-bond donors (Lipinski definition) is 1. The molecule has 8 nitrogen and oxygen atoms in total. The van der Waals surface area contributed by atoms with Crippen molar-refractivity contribution in [3.05, 3.63) is 6.20 Å². The molecule has 16 heavy (non-hydrogen) atoms. The molecule has 0 saturated heterocycles. The first-order valence-electron chi connectivity index (χ1n) is 4.56. The second-order valence-electron chi connectivity index (χ2n) is 2.72. The lowest BCUT2D eigenvalue weighted by Gasteiger charge is -2.00. The minimum atomic E-state index is -0.650. The van der Waals surface area contributed by atoms with E-state index >= 15 is 0 Å². The van der Waals surface area contributed by atoms with Crippen LogP contribution in [-0.2, 0) is 20.8 Å². The van der Waals surface area contributed by atoms with Gasteiger partial charge < -0.3 is 9.47 Å². The molecule has 1 N–H and O–H groups in total. The molecular formula is C8H12N4O4. The van der Waals surface area contributed by atoms with E-state index in [2.05, 4.69) is 20.4 Å². The molecule has 1 rings (SSSR count). The number of carbonyl (C=O) groups excluding carboxylic acids is 2. The number of methoxy groups -OCH3 is 1. The van der Waals surface area contributed by atoms with Crippen LogP contribution in [0.4, 0.5) is 10.6 Å². The molecule has 0 fully saturated rings. The number of ether oxygens (including phenoxy) is 2. The average Bonchev–Trinajstić information content (AvgIpc) is 2.65. The van der Waals surface area contributed by atoms with Gasteiger partial charge >= 0.3 is 12.1 Å². The Morgan fingerprint density at radius 1 is 1.56 bits per heavy atom. The number of anilines is 1. The summed E-state index contributed by atoms with van der Waals surface area (Å²) in [6, 6.07) is 0. The number of esters is 1. The van der Waals surface area contributed by atoms with Gasteiger partial charge in [-0.05, 0) is 6.92 Å². The summed E-state index contributed by atoms with van der Waals surface area (Å²) in [5, 5.41) is 9.54. The molecule has 8 heteroatoms. The highest BCUT2D eigenvalue weighted by molar-refractivity contribution is 5.82. The van der Waals surface area contributed by atoms with Crippen LogP contribution in [0, 0.1) is 0 Å². The molecule has 0 aliphatic heterocycles. The van der Waals surface area contributed by atoms with Gasteiger partial charge in [0.15, 0.2) is 5.82 Å². The summed E-state index contributed by atoms with van der Waals surface area (Å²) in [5.41, 5.74) is 0. The minimum absolute atomic E-state index is 0.0519. The van der Waals surface area contributed by atoms with Crippen LogP contribution in [0.25, 0.3) is 0 Å². The molecule has 0 bridgehead atoms.